The summed E-state index contributed by atoms with van der Waals surface area (Å²) < 4.78 is 35.5. The fourth-order valence-corrected chi connectivity index (χ4v) is 6.44. The topological polar surface area (TPSA) is 96.0 Å². The molecule has 1 atom stereocenters. The minimum Gasteiger partial charge on any atom is -0.494 e. The van der Waals surface area contributed by atoms with E-state index in [0.717, 1.165) is 19.2 Å². The first-order valence-corrected chi connectivity index (χ1v) is 17.0. The number of sulfonamides is 1. The molecule has 0 aliphatic carbocycles. The highest BCUT2D eigenvalue weighted by atomic mass is 79.9. The van der Waals surface area contributed by atoms with Gasteiger partial charge in [-0.3, -0.25) is 13.9 Å². The number of rotatable bonds is 12. The van der Waals surface area contributed by atoms with Crippen LogP contribution < -0.4 is 14.4 Å². The fourth-order valence-electron chi connectivity index (χ4n) is 4.17. The van der Waals surface area contributed by atoms with E-state index in [1.807, 2.05) is 58.2 Å². The summed E-state index contributed by atoms with van der Waals surface area (Å²) in [5.41, 5.74) is 0.572. The number of hydrogen-bond donors (Lipinski definition) is 1. The first-order valence-electron chi connectivity index (χ1n) is 13.5. The van der Waals surface area contributed by atoms with Gasteiger partial charge < -0.3 is 15.0 Å². The van der Waals surface area contributed by atoms with Gasteiger partial charge in [0, 0.05) is 21.5 Å². The molecule has 0 saturated carbocycles. The predicted molar refractivity (Wildman–Crippen MR) is 172 cm³/mol. The number of carbonyl (C=O) groups is 2. The summed E-state index contributed by atoms with van der Waals surface area (Å²) in [5.74, 6) is -0.281. The van der Waals surface area contributed by atoms with E-state index in [2.05, 4.69) is 21.2 Å². The molecule has 2 amide bonds. The van der Waals surface area contributed by atoms with Crippen LogP contribution in [0.4, 0.5) is 5.69 Å². The van der Waals surface area contributed by atoms with Crippen molar-refractivity contribution in [3.05, 3.63) is 82.8 Å². The largest absolute Gasteiger partial charge is 0.494 e. The van der Waals surface area contributed by atoms with Gasteiger partial charge in [-0.1, -0.05) is 28.1 Å². The molecular weight excluding hydrogens is 638 g/mol. The summed E-state index contributed by atoms with van der Waals surface area (Å²) >= 11 is 4.96. The Balaban J connectivity index is 2.05. The number of ether oxygens (including phenoxy) is 1. The lowest BCUT2D eigenvalue weighted by Gasteiger charge is -2.33. The van der Waals surface area contributed by atoms with Crippen molar-refractivity contribution in [2.24, 2.45) is 0 Å². The zero-order valence-electron chi connectivity index (χ0n) is 24.8. The normalized spacial score (nSPS) is 12.4. The van der Waals surface area contributed by atoms with Gasteiger partial charge in [0.2, 0.25) is 11.8 Å². The Hall–Kier alpha value is -3.02. The van der Waals surface area contributed by atoms with Gasteiger partial charge in [0.25, 0.3) is 10.0 Å². The number of amides is 2. The van der Waals surface area contributed by atoms with Crippen molar-refractivity contribution in [1.82, 2.24) is 10.2 Å². The lowest BCUT2D eigenvalue weighted by molar-refractivity contribution is -0.140. The van der Waals surface area contributed by atoms with Crippen molar-refractivity contribution in [2.45, 2.75) is 62.5 Å². The van der Waals surface area contributed by atoms with Crippen LogP contribution in [0.5, 0.6) is 5.75 Å². The average molecular weight is 677 g/mol. The van der Waals surface area contributed by atoms with Crippen molar-refractivity contribution < 1.29 is 22.7 Å². The lowest BCUT2D eigenvalue weighted by atomic mass is 10.1. The zero-order chi connectivity index (χ0) is 31.1. The van der Waals surface area contributed by atoms with E-state index < -0.39 is 34.1 Å². The summed E-state index contributed by atoms with van der Waals surface area (Å²) in [6, 6.07) is 19.6. The van der Waals surface area contributed by atoms with E-state index in [9.17, 15) is 18.0 Å². The Morgan fingerprint density at radius 1 is 1.02 bits per heavy atom. The maximum Gasteiger partial charge on any atom is 0.264 e. The summed E-state index contributed by atoms with van der Waals surface area (Å²) in [5, 5.41) is 2.93. The van der Waals surface area contributed by atoms with E-state index in [1.54, 1.807) is 43.3 Å². The first-order chi connectivity index (χ1) is 19.7. The molecule has 1 N–H and O–H groups in total. The van der Waals surface area contributed by atoms with Crippen molar-refractivity contribution in [3.8, 4) is 5.75 Å². The molecule has 0 fully saturated rings. The van der Waals surface area contributed by atoms with Crippen LogP contribution in [0.2, 0.25) is 0 Å². The molecule has 3 aromatic rings. The van der Waals surface area contributed by atoms with E-state index in [4.69, 9.17) is 4.74 Å². The van der Waals surface area contributed by atoms with Gasteiger partial charge in [-0.15, -0.1) is 11.8 Å². The predicted octanol–water partition coefficient (Wildman–Crippen LogP) is 6.10. The molecule has 0 aromatic heterocycles. The van der Waals surface area contributed by atoms with E-state index >= 15 is 0 Å². The number of benzene rings is 3. The van der Waals surface area contributed by atoms with Crippen LogP contribution in [0.1, 0.15) is 40.2 Å². The molecule has 8 nitrogen and oxygen atoms in total. The monoisotopic (exact) mass is 675 g/mol. The number of halogens is 1. The Kier molecular flexibility index (Phi) is 11.5. The molecule has 3 rings (SSSR count). The number of thioether (sulfide) groups is 1. The minimum absolute atomic E-state index is 0.0547. The van der Waals surface area contributed by atoms with E-state index in [-0.39, 0.29) is 17.3 Å². The Morgan fingerprint density at radius 2 is 1.67 bits per heavy atom. The second-order valence-corrected chi connectivity index (χ2v) is 14.3. The quantitative estimate of drug-likeness (QED) is 0.233. The van der Waals surface area contributed by atoms with Gasteiger partial charge in [0.15, 0.2) is 0 Å². The number of hydrogen-bond acceptors (Lipinski definition) is 6. The Bertz CT molecular complexity index is 1470. The number of anilines is 1. The SMILES string of the molecule is CCOc1ccc(N(CC(=O)N(Cc2cccc(Br)c2)[C@H](C)C(=O)NC(C)(C)C)S(=O)(=O)c2ccc(SC)cc2)cc1. The third-order valence-corrected chi connectivity index (χ3v) is 9.29. The van der Waals surface area contributed by atoms with Crippen molar-refractivity contribution >= 4 is 55.2 Å². The molecule has 42 heavy (non-hydrogen) atoms. The maximum absolute atomic E-state index is 14.1. The molecule has 0 saturated heterocycles. The highest BCUT2D eigenvalue weighted by Crippen LogP contribution is 2.28. The summed E-state index contributed by atoms with van der Waals surface area (Å²) in [7, 11) is -4.16. The number of nitrogens with zero attached hydrogens (tertiary/aromatic N) is 2. The standard InChI is InChI=1S/C31H38BrN3O5S2/c1-7-40-26-13-11-25(12-14-26)35(42(38,39)28-17-15-27(41-6)16-18-28)21-29(36)34(20-23-9-8-10-24(32)19-23)22(2)30(37)33-31(3,4)5/h8-19,22H,7,20-21H2,1-6H3,(H,33,37)/t22-/m1/s1. The van der Waals surface area contributed by atoms with E-state index in [0.29, 0.717) is 18.0 Å². The van der Waals surface area contributed by atoms with Crippen LogP contribution >= 0.6 is 27.7 Å². The van der Waals surface area contributed by atoms with Crippen LogP contribution in [0, 0.1) is 0 Å². The third kappa shape index (κ3) is 8.99. The first kappa shape index (κ1) is 33.5. The van der Waals surface area contributed by atoms with Gasteiger partial charge >= 0.3 is 0 Å². The summed E-state index contributed by atoms with van der Waals surface area (Å²) in [4.78, 5) is 29.7. The van der Waals surface area contributed by atoms with Crippen molar-refractivity contribution in [2.75, 3.05) is 23.7 Å². The minimum atomic E-state index is -4.16. The molecule has 0 bridgehead atoms. The van der Waals surface area contributed by atoms with Gasteiger partial charge in [-0.25, -0.2) is 8.42 Å². The molecule has 0 aliphatic rings. The van der Waals surface area contributed by atoms with Gasteiger partial charge in [0.1, 0.15) is 18.3 Å². The second-order valence-electron chi connectivity index (χ2n) is 10.7. The lowest BCUT2D eigenvalue weighted by Crippen LogP contribution is -2.54. The molecule has 0 aliphatic heterocycles. The Labute approximate surface area is 262 Å². The Morgan fingerprint density at radius 3 is 2.21 bits per heavy atom. The van der Waals surface area contributed by atoms with Crippen LogP contribution in [-0.2, 0) is 26.2 Å². The number of nitrogens with one attached hydrogen (secondary N) is 1. The summed E-state index contributed by atoms with van der Waals surface area (Å²) in [6.45, 7) is 9.15. The van der Waals surface area contributed by atoms with E-state index in [1.165, 1.54) is 28.8 Å². The molecule has 0 heterocycles. The molecule has 226 valence electrons. The molecule has 11 heteroatoms. The molecule has 3 aromatic carbocycles. The fraction of sp³-hybridized carbons (Fsp3) is 0.355. The smallest absolute Gasteiger partial charge is 0.264 e. The van der Waals surface area contributed by atoms with Gasteiger partial charge in [0.05, 0.1) is 17.2 Å². The van der Waals surface area contributed by atoms with Crippen LogP contribution in [0.25, 0.3) is 0 Å². The highest BCUT2D eigenvalue weighted by Gasteiger charge is 2.33. The average Bonchev–Trinajstić information content (AvgIpc) is 2.94. The maximum atomic E-state index is 14.1. The summed E-state index contributed by atoms with van der Waals surface area (Å²) in [6.07, 6.45) is 1.91. The highest BCUT2D eigenvalue weighted by molar-refractivity contribution is 9.10. The zero-order valence-corrected chi connectivity index (χ0v) is 28.0. The van der Waals surface area contributed by atoms with Crippen LogP contribution in [0.15, 0.2) is 87.1 Å². The second kappa shape index (κ2) is 14.4. The van der Waals surface area contributed by atoms with Crippen molar-refractivity contribution in [3.63, 3.8) is 0 Å². The van der Waals surface area contributed by atoms with Gasteiger partial charge in [-0.05, 0) is 107 Å². The molecule has 0 spiro atoms. The van der Waals surface area contributed by atoms with Crippen LogP contribution in [0.3, 0.4) is 0 Å². The molecule has 0 unspecified atom stereocenters. The van der Waals surface area contributed by atoms with Gasteiger partial charge in [-0.2, -0.15) is 0 Å². The third-order valence-electron chi connectivity index (χ3n) is 6.27. The van der Waals surface area contributed by atoms with Crippen LogP contribution in [-0.4, -0.2) is 56.1 Å². The molecule has 0 radical (unpaired) electrons. The number of carbonyl (C=O) groups excluding carboxylic acids is 2. The van der Waals surface area contributed by atoms with Crippen molar-refractivity contribution in [1.29, 1.82) is 0 Å². The molecular formula is C31H38BrN3O5S2.